The minimum absolute atomic E-state index is 0. The standard InChI is InChI=1S/C16H20ClN3.ClH/c1-16(2,3)14-11-20-13-8-5-4-7-12(13)18-15(20)19(14)10-6-9-17;/h4-5,7-8,11H,6,9-10H2,1-3H3;1H. The summed E-state index contributed by atoms with van der Waals surface area (Å²) in [5.74, 6) is 1.83. The van der Waals surface area contributed by atoms with E-state index in [0.29, 0.717) is 5.88 Å². The molecule has 0 atom stereocenters. The molecular formula is C16H21Cl2N3. The van der Waals surface area contributed by atoms with Crippen LogP contribution >= 0.6 is 11.6 Å². The summed E-state index contributed by atoms with van der Waals surface area (Å²) >= 11 is 5.88. The molecular weight excluding hydrogens is 305 g/mol. The van der Waals surface area contributed by atoms with Crippen LogP contribution in [0.3, 0.4) is 0 Å². The number of benzene rings is 1. The number of nitrogens with one attached hydrogen (secondary N) is 1. The van der Waals surface area contributed by atoms with E-state index in [9.17, 15) is 0 Å². The van der Waals surface area contributed by atoms with Gasteiger partial charge in [-0.3, -0.25) is 0 Å². The number of hydrogen-bond donors (Lipinski definition) is 1. The number of halogens is 2. The van der Waals surface area contributed by atoms with Crippen LogP contribution in [0.1, 0.15) is 32.9 Å². The molecule has 1 N–H and O–H groups in total. The highest BCUT2D eigenvalue weighted by Crippen LogP contribution is 2.24. The van der Waals surface area contributed by atoms with Crippen LogP contribution in [0.15, 0.2) is 30.5 Å². The first kappa shape index (κ1) is 16.2. The van der Waals surface area contributed by atoms with Crippen molar-refractivity contribution in [3.63, 3.8) is 0 Å². The van der Waals surface area contributed by atoms with Crippen molar-refractivity contribution < 1.29 is 16.8 Å². The van der Waals surface area contributed by atoms with Crippen molar-refractivity contribution in [2.24, 2.45) is 0 Å². The number of imidazole rings is 2. The lowest BCUT2D eigenvalue weighted by atomic mass is 9.92. The van der Waals surface area contributed by atoms with Crippen LogP contribution in [0.5, 0.6) is 0 Å². The molecule has 2 aromatic heterocycles. The molecule has 0 aliphatic heterocycles. The van der Waals surface area contributed by atoms with Crippen molar-refractivity contribution in [1.29, 1.82) is 0 Å². The van der Waals surface area contributed by atoms with E-state index in [1.54, 1.807) is 0 Å². The molecule has 21 heavy (non-hydrogen) atoms. The van der Waals surface area contributed by atoms with Crippen LogP contribution in [0.2, 0.25) is 0 Å². The number of aromatic nitrogens is 3. The molecule has 0 fully saturated rings. The predicted octanol–water partition coefficient (Wildman–Crippen LogP) is 0.639. The maximum absolute atomic E-state index is 5.88. The molecule has 0 aliphatic rings. The first-order chi connectivity index (χ1) is 9.52. The second-order valence-corrected chi connectivity index (χ2v) is 6.67. The molecule has 2 heterocycles. The lowest BCUT2D eigenvalue weighted by molar-refractivity contribution is -0.480. The van der Waals surface area contributed by atoms with Crippen LogP contribution in [-0.4, -0.2) is 15.4 Å². The van der Waals surface area contributed by atoms with E-state index in [-0.39, 0.29) is 17.8 Å². The van der Waals surface area contributed by atoms with E-state index in [1.165, 1.54) is 16.7 Å². The monoisotopic (exact) mass is 325 g/mol. The van der Waals surface area contributed by atoms with Gasteiger partial charge >= 0.3 is 5.78 Å². The highest BCUT2D eigenvalue weighted by molar-refractivity contribution is 6.17. The maximum atomic E-state index is 5.88. The Kier molecular flexibility index (Phi) is 4.54. The van der Waals surface area contributed by atoms with Crippen molar-refractivity contribution in [3.8, 4) is 0 Å². The second-order valence-electron chi connectivity index (χ2n) is 6.29. The van der Waals surface area contributed by atoms with Crippen LogP contribution in [0.25, 0.3) is 16.8 Å². The van der Waals surface area contributed by atoms with E-state index < -0.39 is 0 Å². The molecule has 0 amide bonds. The summed E-state index contributed by atoms with van der Waals surface area (Å²) in [6, 6.07) is 8.41. The Balaban J connectivity index is 0.00000161. The molecule has 0 radical (unpaired) electrons. The normalized spacial score (nSPS) is 12.0. The second kappa shape index (κ2) is 5.90. The molecule has 114 valence electrons. The van der Waals surface area contributed by atoms with E-state index in [0.717, 1.165) is 18.7 Å². The first-order valence-electron chi connectivity index (χ1n) is 7.10. The third-order valence-corrected chi connectivity index (χ3v) is 3.99. The van der Waals surface area contributed by atoms with Crippen LogP contribution in [0, 0.1) is 0 Å². The van der Waals surface area contributed by atoms with Gasteiger partial charge in [-0.2, -0.15) is 4.40 Å². The number of aromatic amines is 1. The van der Waals surface area contributed by atoms with Gasteiger partial charge in [0.1, 0.15) is 22.9 Å². The quantitative estimate of drug-likeness (QED) is 0.540. The molecule has 3 rings (SSSR count). The fourth-order valence-corrected chi connectivity index (χ4v) is 2.88. The maximum Gasteiger partial charge on any atom is 0.367 e. The van der Waals surface area contributed by atoms with Gasteiger partial charge in [0.2, 0.25) is 0 Å². The van der Waals surface area contributed by atoms with Crippen molar-refractivity contribution >= 4 is 28.4 Å². The van der Waals surface area contributed by atoms with Crippen molar-refractivity contribution in [3.05, 3.63) is 36.2 Å². The van der Waals surface area contributed by atoms with Gasteiger partial charge in [-0.05, 0) is 18.6 Å². The third kappa shape index (κ3) is 2.77. The Hall–Kier alpha value is -1.19. The van der Waals surface area contributed by atoms with Crippen LogP contribution in [-0.2, 0) is 12.0 Å². The molecule has 1 aromatic carbocycles. The number of hydrogen-bond acceptors (Lipinski definition) is 0. The van der Waals surface area contributed by atoms with E-state index >= 15 is 0 Å². The molecule has 0 aliphatic carbocycles. The fourth-order valence-electron chi connectivity index (χ4n) is 2.76. The average molecular weight is 326 g/mol. The minimum atomic E-state index is 0. The Morgan fingerprint density at radius 3 is 2.62 bits per heavy atom. The number of nitrogens with zero attached hydrogens (tertiary/aromatic N) is 2. The summed E-state index contributed by atoms with van der Waals surface area (Å²) in [6.07, 6.45) is 3.23. The molecule has 0 spiro atoms. The van der Waals surface area contributed by atoms with Crippen molar-refractivity contribution in [2.45, 2.75) is 39.2 Å². The van der Waals surface area contributed by atoms with Gasteiger partial charge in [0.25, 0.3) is 0 Å². The fraction of sp³-hybridized carbons (Fsp3) is 0.438. The highest BCUT2D eigenvalue weighted by atomic mass is 35.5. The molecule has 5 heteroatoms. The molecule has 0 saturated carbocycles. The number of aryl methyl sites for hydroxylation is 1. The van der Waals surface area contributed by atoms with Crippen molar-refractivity contribution in [2.75, 3.05) is 5.88 Å². The SMILES string of the molecule is CC(C)(C)c1c[n+]2c3ccccc3[nH]c2n1CCCCl.[Cl-]. The number of fused-ring (bicyclic) bond motifs is 3. The summed E-state index contributed by atoms with van der Waals surface area (Å²) < 4.78 is 4.62. The Morgan fingerprint density at radius 2 is 1.95 bits per heavy atom. The summed E-state index contributed by atoms with van der Waals surface area (Å²) in [6.45, 7) is 7.70. The lowest BCUT2D eigenvalue weighted by Crippen LogP contribution is -3.00. The minimum Gasteiger partial charge on any atom is -1.00 e. The Morgan fingerprint density at radius 1 is 1.24 bits per heavy atom. The molecule has 3 aromatic rings. The van der Waals surface area contributed by atoms with Crippen molar-refractivity contribution in [1.82, 2.24) is 9.55 Å². The largest absolute Gasteiger partial charge is 1.00 e. The average Bonchev–Trinajstić information content (AvgIpc) is 2.91. The van der Waals surface area contributed by atoms with Gasteiger partial charge in [-0.15, -0.1) is 11.6 Å². The van der Waals surface area contributed by atoms with Crippen LogP contribution in [0.4, 0.5) is 0 Å². The lowest BCUT2D eigenvalue weighted by Gasteiger charge is -2.16. The summed E-state index contributed by atoms with van der Waals surface area (Å²) in [5.41, 5.74) is 3.83. The van der Waals surface area contributed by atoms with E-state index in [4.69, 9.17) is 11.6 Å². The predicted molar refractivity (Wildman–Crippen MR) is 83.5 cm³/mol. The van der Waals surface area contributed by atoms with Gasteiger partial charge in [0.05, 0.1) is 6.54 Å². The van der Waals surface area contributed by atoms with Gasteiger partial charge in [0.15, 0.2) is 0 Å². The highest BCUT2D eigenvalue weighted by Gasteiger charge is 2.28. The third-order valence-electron chi connectivity index (χ3n) is 3.72. The summed E-state index contributed by atoms with van der Waals surface area (Å²) in [7, 11) is 0. The van der Waals surface area contributed by atoms with Gasteiger partial charge in [-0.1, -0.05) is 32.9 Å². The summed E-state index contributed by atoms with van der Waals surface area (Å²) in [5, 5.41) is 0. The van der Waals surface area contributed by atoms with Crippen LogP contribution < -0.4 is 16.8 Å². The number of alkyl halides is 1. The van der Waals surface area contributed by atoms with Gasteiger partial charge in [0, 0.05) is 11.3 Å². The Bertz CT molecular complexity index is 750. The number of para-hydroxylation sites is 2. The first-order valence-corrected chi connectivity index (χ1v) is 7.64. The molecule has 0 saturated heterocycles. The zero-order valence-corrected chi connectivity index (χ0v) is 14.2. The smallest absolute Gasteiger partial charge is 0.367 e. The molecule has 0 bridgehead atoms. The Labute approximate surface area is 136 Å². The topological polar surface area (TPSA) is 24.8 Å². The molecule has 0 unspecified atom stereocenters. The summed E-state index contributed by atoms with van der Waals surface area (Å²) in [4.78, 5) is 3.53. The van der Waals surface area contributed by atoms with E-state index in [2.05, 4.69) is 65.2 Å². The zero-order valence-electron chi connectivity index (χ0n) is 12.7. The van der Waals surface area contributed by atoms with E-state index in [1.807, 2.05) is 0 Å². The zero-order chi connectivity index (χ0) is 14.3. The van der Waals surface area contributed by atoms with Gasteiger partial charge < -0.3 is 12.4 Å². The molecule has 3 nitrogen and oxygen atoms in total. The van der Waals surface area contributed by atoms with Gasteiger partial charge in [-0.25, -0.2) is 9.55 Å². The number of H-pyrrole nitrogens is 1. The number of rotatable bonds is 3.